The molecule has 24 heavy (non-hydrogen) atoms. The third-order valence-electron chi connectivity index (χ3n) is 4.16. The zero-order valence-electron chi connectivity index (χ0n) is 12.7. The molecule has 6 nitrogen and oxygen atoms in total. The lowest BCUT2D eigenvalue weighted by atomic mass is 10.2. The number of aromatic nitrogens is 2. The number of rotatable bonds is 2. The van der Waals surface area contributed by atoms with Crippen molar-refractivity contribution in [2.75, 3.05) is 6.54 Å². The fraction of sp³-hybridized carbons (Fsp3) is 0.118. The van der Waals surface area contributed by atoms with Crippen molar-refractivity contribution in [2.24, 2.45) is 4.99 Å². The third kappa shape index (κ3) is 2.17. The Morgan fingerprint density at radius 1 is 1.12 bits per heavy atom. The molecule has 1 fully saturated rings. The molecule has 1 aromatic carbocycles. The predicted molar refractivity (Wildman–Crippen MR) is 95.1 cm³/mol. The van der Waals surface area contributed by atoms with Crippen LogP contribution in [0.2, 0.25) is 0 Å². The van der Waals surface area contributed by atoms with E-state index in [0.29, 0.717) is 0 Å². The molecule has 1 unspecified atom stereocenters. The highest BCUT2D eigenvalue weighted by molar-refractivity contribution is 7.13. The monoisotopic (exact) mass is 334 g/mol. The molecule has 0 radical (unpaired) electrons. The molecule has 5 rings (SSSR count). The number of aliphatic imine (C=N–C) groups is 1. The Hall–Kier alpha value is -2.77. The number of hydrazine groups is 1. The van der Waals surface area contributed by atoms with E-state index < -0.39 is 0 Å². The highest BCUT2D eigenvalue weighted by Crippen LogP contribution is 2.30. The molecule has 3 aromatic rings. The third-order valence-corrected chi connectivity index (χ3v) is 5.04. The van der Waals surface area contributed by atoms with Crippen LogP contribution in [0, 0.1) is 0 Å². The summed E-state index contributed by atoms with van der Waals surface area (Å²) in [5.41, 5.74) is 9.30. The van der Waals surface area contributed by atoms with Crippen LogP contribution in [0.4, 0.5) is 0 Å². The van der Waals surface area contributed by atoms with Crippen molar-refractivity contribution in [3.63, 3.8) is 0 Å². The first-order valence-electron chi connectivity index (χ1n) is 7.70. The van der Waals surface area contributed by atoms with Crippen molar-refractivity contribution >= 4 is 28.5 Å². The molecule has 2 aliphatic heterocycles. The van der Waals surface area contributed by atoms with Gasteiger partial charge in [0.25, 0.3) is 0 Å². The van der Waals surface area contributed by atoms with Crippen molar-refractivity contribution in [1.29, 1.82) is 0 Å². The van der Waals surface area contributed by atoms with E-state index in [2.05, 4.69) is 38.3 Å². The van der Waals surface area contributed by atoms with Gasteiger partial charge in [0.2, 0.25) is 0 Å². The van der Waals surface area contributed by atoms with Crippen molar-refractivity contribution in [1.82, 2.24) is 25.7 Å². The average molecular weight is 334 g/mol. The summed E-state index contributed by atoms with van der Waals surface area (Å²) in [6.45, 7) is 0.761. The van der Waals surface area contributed by atoms with Crippen LogP contribution in [0.1, 0.15) is 11.9 Å². The molecule has 118 valence electrons. The number of fused-ring (bicyclic) bond motifs is 2. The van der Waals surface area contributed by atoms with Crippen molar-refractivity contribution in [2.45, 2.75) is 6.17 Å². The van der Waals surface area contributed by atoms with Gasteiger partial charge < -0.3 is 10.3 Å². The van der Waals surface area contributed by atoms with Gasteiger partial charge in [0.05, 0.1) is 29.6 Å². The van der Waals surface area contributed by atoms with E-state index >= 15 is 0 Å². The summed E-state index contributed by atoms with van der Waals surface area (Å²) in [5.74, 6) is 0.973. The summed E-state index contributed by atoms with van der Waals surface area (Å²) in [4.78, 5) is 15.9. The van der Waals surface area contributed by atoms with Gasteiger partial charge in [-0.2, -0.15) is 0 Å². The average Bonchev–Trinajstić information content (AvgIpc) is 3.28. The summed E-state index contributed by atoms with van der Waals surface area (Å²) in [5, 5.41) is 4.16. The lowest BCUT2D eigenvalue weighted by molar-refractivity contribution is 0.308. The number of benzene rings is 1. The lowest BCUT2D eigenvalue weighted by Crippen LogP contribution is -2.30. The van der Waals surface area contributed by atoms with E-state index in [-0.39, 0.29) is 6.17 Å². The maximum Gasteiger partial charge on any atom is 0.142 e. The Kier molecular flexibility index (Phi) is 3.07. The molecule has 2 aromatic heterocycles. The summed E-state index contributed by atoms with van der Waals surface area (Å²) < 4.78 is 0. The Morgan fingerprint density at radius 2 is 2.08 bits per heavy atom. The first kappa shape index (κ1) is 13.6. The largest absolute Gasteiger partial charge is 0.328 e. The smallest absolute Gasteiger partial charge is 0.142 e. The highest BCUT2D eigenvalue weighted by Gasteiger charge is 2.31. The molecular formula is C17H14N6S. The lowest BCUT2D eigenvalue weighted by Gasteiger charge is -2.23. The number of para-hydroxylation sites is 1. The molecule has 0 bridgehead atoms. The number of hydrogen-bond acceptors (Lipinski definition) is 7. The van der Waals surface area contributed by atoms with Crippen LogP contribution in [0.3, 0.4) is 0 Å². The molecule has 1 atom stereocenters. The predicted octanol–water partition coefficient (Wildman–Crippen LogP) is 2.65. The molecule has 0 saturated carbocycles. The van der Waals surface area contributed by atoms with Gasteiger partial charge in [-0.1, -0.05) is 24.3 Å². The molecular weight excluding hydrogens is 320 g/mol. The SMILES string of the molecule is C1=NC=C2NNC(c3csc(-c4ccc5ccccc5n4)n3)N2C1. The Bertz CT molecular complexity index is 976. The topological polar surface area (TPSA) is 65.4 Å². The van der Waals surface area contributed by atoms with E-state index in [1.54, 1.807) is 11.3 Å². The number of nitrogens with zero attached hydrogens (tertiary/aromatic N) is 4. The van der Waals surface area contributed by atoms with Crippen molar-refractivity contribution in [3.05, 3.63) is 59.5 Å². The zero-order valence-corrected chi connectivity index (χ0v) is 13.5. The van der Waals surface area contributed by atoms with Gasteiger partial charge in [-0.25, -0.2) is 15.4 Å². The van der Waals surface area contributed by atoms with Gasteiger partial charge in [-0.15, -0.1) is 11.3 Å². The van der Waals surface area contributed by atoms with Gasteiger partial charge in [-0.05, 0) is 12.1 Å². The normalized spacial score (nSPS) is 19.2. The fourth-order valence-corrected chi connectivity index (χ4v) is 3.75. The zero-order chi connectivity index (χ0) is 15.9. The molecule has 2 aliphatic rings. The van der Waals surface area contributed by atoms with Gasteiger partial charge in [0.15, 0.2) is 0 Å². The first-order valence-corrected chi connectivity index (χ1v) is 8.58. The molecule has 0 spiro atoms. The number of hydrogen-bond donors (Lipinski definition) is 2. The van der Waals surface area contributed by atoms with Gasteiger partial charge in [-0.3, -0.25) is 4.99 Å². The van der Waals surface area contributed by atoms with Gasteiger partial charge >= 0.3 is 0 Å². The second-order valence-corrected chi connectivity index (χ2v) is 6.50. The van der Waals surface area contributed by atoms with E-state index in [1.165, 1.54) is 0 Å². The van der Waals surface area contributed by atoms with Crippen molar-refractivity contribution < 1.29 is 0 Å². The summed E-state index contributed by atoms with van der Waals surface area (Å²) >= 11 is 1.62. The Morgan fingerprint density at radius 3 is 3.08 bits per heavy atom. The minimum atomic E-state index is 0.00783. The minimum absolute atomic E-state index is 0.00783. The van der Waals surface area contributed by atoms with E-state index in [1.807, 2.05) is 36.7 Å². The fourth-order valence-electron chi connectivity index (χ4n) is 2.95. The van der Waals surface area contributed by atoms with Crippen LogP contribution >= 0.6 is 11.3 Å². The highest BCUT2D eigenvalue weighted by atomic mass is 32.1. The molecule has 4 heterocycles. The van der Waals surface area contributed by atoms with Gasteiger partial charge in [0, 0.05) is 17.0 Å². The van der Waals surface area contributed by atoms with E-state index in [4.69, 9.17) is 9.97 Å². The van der Waals surface area contributed by atoms with Crippen LogP contribution in [0.15, 0.2) is 58.8 Å². The number of thiazole rings is 1. The minimum Gasteiger partial charge on any atom is -0.328 e. The second kappa shape index (κ2) is 5.40. The Balaban J connectivity index is 1.48. The second-order valence-electron chi connectivity index (χ2n) is 5.64. The summed E-state index contributed by atoms with van der Waals surface area (Å²) in [6, 6.07) is 12.3. The van der Waals surface area contributed by atoms with Crippen LogP contribution in [-0.2, 0) is 0 Å². The quantitative estimate of drug-likeness (QED) is 0.754. The van der Waals surface area contributed by atoms with Crippen LogP contribution < -0.4 is 10.9 Å². The summed E-state index contributed by atoms with van der Waals surface area (Å²) in [6.07, 6.45) is 3.71. The molecule has 1 saturated heterocycles. The maximum atomic E-state index is 4.80. The van der Waals surface area contributed by atoms with Crippen molar-refractivity contribution in [3.8, 4) is 10.7 Å². The molecule has 7 heteroatoms. The standard InChI is InChI=1S/C17H14N6S/c1-2-4-12-11(3-1)5-6-13(19-12)17-20-14(10-24-17)16-22-21-15-9-18-7-8-23(15)16/h1-7,9-10,16,21-22H,8H2. The number of pyridine rings is 1. The molecule has 0 amide bonds. The van der Waals surface area contributed by atoms with Crippen LogP contribution in [0.25, 0.3) is 21.6 Å². The van der Waals surface area contributed by atoms with Crippen LogP contribution in [-0.4, -0.2) is 27.6 Å². The van der Waals surface area contributed by atoms with Gasteiger partial charge in [0.1, 0.15) is 17.0 Å². The first-order chi connectivity index (χ1) is 11.9. The van der Waals surface area contributed by atoms with E-state index in [9.17, 15) is 0 Å². The van der Waals surface area contributed by atoms with Crippen LogP contribution in [0.5, 0.6) is 0 Å². The number of nitrogens with one attached hydrogen (secondary N) is 2. The molecule has 0 aliphatic carbocycles. The molecule has 2 N–H and O–H groups in total. The summed E-state index contributed by atoms with van der Waals surface area (Å²) in [7, 11) is 0. The van der Waals surface area contributed by atoms with E-state index in [0.717, 1.165) is 39.7 Å². The Labute approximate surface area is 142 Å². The maximum absolute atomic E-state index is 4.80.